The fraction of sp³-hybridized carbons (Fsp3) is 0.300. The van der Waals surface area contributed by atoms with E-state index in [1.807, 2.05) is 36.9 Å². The van der Waals surface area contributed by atoms with Crippen LogP contribution >= 0.6 is 11.3 Å². The van der Waals surface area contributed by atoms with Crippen molar-refractivity contribution < 1.29 is 9.32 Å². The Morgan fingerprint density at radius 1 is 1.28 bits per heavy atom. The number of carbonyl (C=O) groups is 1. The number of hydrogen-bond acceptors (Lipinski definition) is 4. The number of carbonyl (C=O) groups excluding carboxylic acids is 1. The Kier molecular flexibility index (Phi) is 4.17. The van der Waals surface area contributed by atoms with Crippen LogP contribution in [0, 0.1) is 13.8 Å². The second-order valence-corrected chi connectivity index (χ2v) is 7.43. The van der Waals surface area contributed by atoms with Crippen LogP contribution in [0.4, 0.5) is 0 Å². The first-order valence-corrected chi connectivity index (χ1v) is 9.35. The molecule has 1 unspecified atom stereocenters. The number of hydrogen-bond donors (Lipinski definition) is 0. The van der Waals surface area contributed by atoms with Crippen molar-refractivity contribution in [3.8, 4) is 0 Å². The van der Waals surface area contributed by atoms with Crippen molar-refractivity contribution in [2.24, 2.45) is 0 Å². The summed E-state index contributed by atoms with van der Waals surface area (Å²) in [6.45, 7) is 4.50. The predicted octanol–water partition coefficient (Wildman–Crippen LogP) is 4.07. The van der Waals surface area contributed by atoms with Gasteiger partial charge in [-0.05, 0) is 42.8 Å². The van der Waals surface area contributed by atoms with Crippen LogP contribution in [0.15, 0.2) is 46.3 Å². The van der Waals surface area contributed by atoms with Crippen molar-refractivity contribution in [2.45, 2.75) is 32.7 Å². The van der Waals surface area contributed by atoms with Crippen LogP contribution in [0.25, 0.3) is 0 Å². The van der Waals surface area contributed by atoms with Gasteiger partial charge in [0, 0.05) is 17.0 Å². The Bertz CT molecular complexity index is 878. The molecule has 4 nitrogen and oxygen atoms in total. The van der Waals surface area contributed by atoms with E-state index in [0.717, 1.165) is 35.5 Å². The first-order valence-electron chi connectivity index (χ1n) is 8.47. The van der Waals surface area contributed by atoms with Crippen molar-refractivity contribution in [3.05, 3.63) is 74.8 Å². The van der Waals surface area contributed by atoms with Crippen LogP contribution in [0.5, 0.6) is 0 Å². The first kappa shape index (κ1) is 16.1. The fourth-order valence-electron chi connectivity index (χ4n) is 3.59. The Hall–Kier alpha value is -2.40. The molecule has 25 heavy (non-hydrogen) atoms. The maximum absolute atomic E-state index is 13.1. The lowest BCUT2D eigenvalue weighted by Crippen LogP contribution is -2.41. The van der Waals surface area contributed by atoms with E-state index in [1.165, 1.54) is 10.4 Å². The second kappa shape index (κ2) is 6.48. The highest BCUT2D eigenvalue weighted by Gasteiger charge is 2.33. The van der Waals surface area contributed by atoms with Crippen molar-refractivity contribution in [1.29, 1.82) is 0 Å². The molecule has 1 atom stereocenters. The third-order valence-electron chi connectivity index (χ3n) is 4.91. The second-order valence-electron chi connectivity index (χ2n) is 6.43. The molecule has 0 aliphatic carbocycles. The minimum Gasteiger partial charge on any atom is -0.361 e. The van der Waals surface area contributed by atoms with Crippen LogP contribution in [-0.4, -0.2) is 22.5 Å². The van der Waals surface area contributed by atoms with Gasteiger partial charge < -0.3 is 9.42 Å². The smallest absolute Gasteiger partial charge is 0.227 e. The molecule has 0 N–H and O–H groups in total. The van der Waals surface area contributed by atoms with Gasteiger partial charge in [-0.2, -0.15) is 0 Å². The Morgan fingerprint density at radius 2 is 2.08 bits per heavy atom. The quantitative estimate of drug-likeness (QED) is 0.714. The fourth-order valence-corrected chi connectivity index (χ4v) is 4.49. The van der Waals surface area contributed by atoms with Gasteiger partial charge in [0.25, 0.3) is 0 Å². The highest BCUT2D eigenvalue weighted by molar-refractivity contribution is 7.10. The molecule has 1 aliphatic heterocycles. The zero-order valence-electron chi connectivity index (χ0n) is 14.4. The van der Waals surface area contributed by atoms with Crippen LogP contribution in [0.1, 0.15) is 39.1 Å². The molecule has 0 radical (unpaired) electrons. The van der Waals surface area contributed by atoms with Gasteiger partial charge in [-0.15, -0.1) is 11.3 Å². The van der Waals surface area contributed by atoms with E-state index >= 15 is 0 Å². The van der Waals surface area contributed by atoms with E-state index in [9.17, 15) is 4.79 Å². The maximum Gasteiger partial charge on any atom is 0.227 e. The molecule has 0 spiro atoms. The molecule has 0 saturated carbocycles. The number of aryl methyl sites for hydroxylation is 2. The largest absolute Gasteiger partial charge is 0.361 e. The zero-order valence-corrected chi connectivity index (χ0v) is 15.2. The molecule has 0 bridgehead atoms. The Labute approximate surface area is 151 Å². The van der Waals surface area contributed by atoms with E-state index in [0.29, 0.717) is 6.42 Å². The molecule has 0 fully saturated rings. The van der Waals surface area contributed by atoms with Crippen LogP contribution < -0.4 is 0 Å². The van der Waals surface area contributed by atoms with Gasteiger partial charge in [0.15, 0.2) is 0 Å². The van der Waals surface area contributed by atoms with Gasteiger partial charge in [0.1, 0.15) is 5.76 Å². The molecule has 2 aromatic heterocycles. The summed E-state index contributed by atoms with van der Waals surface area (Å²) in [4.78, 5) is 16.5. The number of benzene rings is 1. The van der Waals surface area contributed by atoms with Gasteiger partial charge in [-0.3, -0.25) is 4.79 Å². The van der Waals surface area contributed by atoms with E-state index in [-0.39, 0.29) is 11.9 Å². The van der Waals surface area contributed by atoms with Gasteiger partial charge in [-0.25, -0.2) is 0 Å². The molecule has 1 aliphatic rings. The third kappa shape index (κ3) is 2.89. The van der Waals surface area contributed by atoms with Crippen LogP contribution in [0.2, 0.25) is 0 Å². The minimum atomic E-state index is -0.0100. The van der Waals surface area contributed by atoms with Crippen molar-refractivity contribution in [3.63, 3.8) is 0 Å². The highest BCUT2D eigenvalue weighted by Crippen LogP contribution is 2.38. The summed E-state index contributed by atoms with van der Waals surface area (Å²) >= 11 is 1.78. The topological polar surface area (TPSA) is 46.3 Å². The van der Waals surface area contributed by atoms with Gasteiger partial charge in [0.05, 0.1) is 18.2 Å². The Morgan fingerprint density at radius 3 is 2.80 bits per heavy atom. The summed E-state index contributed by atoms with van der Waals surface area (Å²) in [6.07, 6.45) is 1.26. The summed E-state index contributed by atoms with van der Waals surface area (Å²) in [7, 11) is 0. The van der Waals surface area contributed by atoms with Gasteiger partial charge >= 0.3 is 0 Å². The molecule has 0 saturated heterocycles. The molecule has 3 heterocycles. The average Bonchev–Trinajstić information content (AvgIpc) is 3.23. The lowest BCUT2D eigenvalue weighted by molar-refractivity contribution is -0.132. The summed E-state index contributed by atoms with van der Waals surface area (Å²) in [5, 5.41) is 6.10. The predicted molar refractivity (Wildman–Crippen MR) is 97.7 cm³/mol. The van der Waals surface area contributed by atoms with Crippen molar-refractivity contribution in [2.75, 3.05) is 6.54 Å². The van der Waals surface area contributed by atoms with Crippen molar-refractivity contribution >= 4 is 17.2 Å². The minimum absolute atomic E-state index is 0.0100. The number of thiophene rings is 1. The molecule has 5 heteroatoms. The lowest BCUT2D eigenvalue weighted by Gasteiger charge is -2.36. The van der Waals surface area contributed by atoms with Crippen LogP contribution in [-0.2, 0) is 17.6 Å². The average molecular weight is 352 g/mol. The molecule has 1 aromatic carbocycles. The SMILES string of the molecule is Cc1noc(C)c1CC(=O)N1CCc2sccc2C1c1ccccc1. The summed E-state index contributed by atoms with van der Waals surface area (Å²) in [6, 6.07) is 12.4. The molecule has 128 valence electrons. The van der Waals surface area contributed by atoms with Gasteiger partial charge in [-0.1, -0.05) is 35.5 Å². The van der Waals surface area contributed by atoms with E-state index in [2.05, 4.69) is 28.7 Å². The molecule has 4 rings (SSSR count). The van der Waals surface area contributed by atoms with Crippen molar-refractivity contribution in [1.82, 2.24) is 10.1 Å². The maximum atomic E-state index is 13.1. The summed E-state index contributed by atoms with van der Waals surface area (Å²) < 4.78 is 5.22. The number of aromatic nitrogens is 1. The molecular formula is C20H20N2O2S. The number of rotatable bonds is 3. The number of nitrogens with zero attached hydrogens (tertiary/aromatic N) is 2. The number of fused-ring (bicyclic) bond motifs is 1. The number of amides is 1. The zero-order chi connectivity index (χ0) is 17.4. The third-order valence-corrected chi connectivity index (χ3v) is 5.91. The van der Waals surface area contributed by atoms with E-state index in [4.69, 9.17) is 4.52 Å². The van der Waals surface area contributed by atoms with Gasteiger partial charge in [0.2, 0.25) is 5.91 Å². The van der Waals surface area contributed by atoms with Crippen LogP contribution in [0.3, 0.4) is 0 Å². The Balaban J connectivity index is 1.69. The standard InChI is InChI=1S/C20H20N2O2S/c1-13-17(14(2)24-21-13)12-19(23)22-10-8-18-16(9-11-25-18)20(22)15-6-4-3-5-7-15/h3-7,9,11,20H,8,10,12H2,1-2H3. The lowest BCUT2D eigenvalue weighted by atomic mass is 9.92. The molecule has 3 aromatic rings. The first-order chi connectivity index (χ1) is 12.1. The summed E-state index contributed by atoms with van der Waals surface area (Å²) in [5.74, 6) is 0.857. The monoisotopic (exact) mass is 352 g/mol. The molecule has 1 amide bonds. The summed E-state index contributed by atoms with van der Waals surface area (Å²) in [5.41, 5.74) is 4.13. The van der Waals surface area contributed by atoms with E-state index < -0.39 is 0 Å². The normalized spacial score (nSPS) is 16.7. The van der Waals surface area contributed by atoms with E-state index in [1.54, 1.807) is 11.3 Å². The highest BCUT2D eigenvalue weighted by atomic mass is 32.1. The molecular weight excluding hydrogens is 332 g/mol.